The number of nitrogens with zero attached hydrogens (tertiary/aromatic N) is 4. The van der Waals surface area contributed by atoms with Gasteiger partial charge in [0.05, 0.1) is 5.52 Å². The topological polar surface area (TPSA) is 77.1 Å². The molecule has 1 amide bonds. The first-order chi connectivity index (χ1) is 15.7. The van der Waals surface area contributed by atoms with E-state index in [1.165, 1.54) is 0 Å². The van der Waals surface area contributed by atoms with Crippen molar-refractivity contribution >= 4 is 16.8 Å². The summed E-state index contributed by atoms with van der Waals surface area (Å²) in [4.78, 5) is 22.1. The number of hydrogen-bond acceptors (Lipinski definition) is 5. The smallest absolute Gasteiger partial charge is 0.272 e. The van der Waals surface area contributed by atoms with Gasteiger partial charge in [-0.25, -0.2) is 0 Å². The number of piperidine rings is 1. The van der Waals surface area contributed by atoms with E-state index < -0.39 is 0 Å². The lowest BCUT2D eigenvalue weighted by Crippen LogP contribution is -2.46. The van der Waals surface area contributed by atoms with Crippen LogP contribution in [-0.4, -0.2) is 70.7 Å². The highest BCUT2D eigenvalue weighted by Crippen LogP contribution is 2.26. The van der Waals surface area contributed by atoms with Gasteiger partial charge in [-0.3, -0.25) is 14.9 Å². The maximum absolute atomic E-state index is 13.1. The van der Waals surface area contributed by atoms with E-state index in [0.717, 1.165) is 66.6 Å². The molecule has 1 aliphatic rings. The number of nitrogens with one attached hydrogen (secondary N) is 2. The van der Waals surface area contributed by atoms with Gasteiger partial charge in [-0.1, -0.05) is 26.8 Å². The van der Waals surface area contributed by atoms with Crippen LogP contribution in [0.3, 0.4) is 0 Å². The number of fused-ring (bicyclic) bond motifs is 1. The van der Waals surface area contributed by atoms with Crippen LogP contribution in [-0.2, 0) is 6.54 Å². The molecule has 1 fully saturated rings. The van der Waals surface area contributed by atoms with Crippen molar-refractivity contribution in [2.75, 3.05) is 33.7 Å². The largest absolute Gasteiger partial charge is 0.348 e. The Morgan fingerprint density at radius 1 is 1.15 bits per heavy atom. The number of carbonyl (C=O) groups is 1. The highest BCUT2D eigenvalue weighted by atomic mass is 16.2. The number of aromatic amines is 1. The minimum Gasteiger partial charge on any atom is -0.348 e. The molecular formula is C26H36N6O. The molecule has 3 aromatic rings. The first kappa shape index (κ1) is 23.4. The molecule has 2 N–H and O–H groups in total. The van der Waals surface area contributed by atoms with Crippen LogP contribution in [0, 0.1) is 5.41 Å². The molecule has 7 heteroatoms. The SMILES string of the molecule is CN(C)Cc1cncc(-c2ccc3[nH]nc(C(=O)NC4CCN(CC(C)(C)C)CC4)c3c2)c1. The Balaban J connectivity index is 1.47. The van der Waals surface area contributed by atoms with E-state index in [4.69, 9.17) is 0 Å². The molecule has 4 rings (SSSR count). The van der Waals surface area contributed by atoms with Gasteiger partial charge < -0.3 is 15.1 Å². The number of pyridine rings is 1. The third kappa shape index (κ3) is 5.97. The fourth-order valence-electron chi connectivity index (χ4n) is 4.62. The Kier molecular flexibility index (Phi) is 6.81. The van der Waals surface area contributed by atoms with Crippen molar-refractivity contribution in [3.8, 4) is 11.1 Å². The zero-order valence-corrected chi connectivity index (χ0v) is 20.5. The molecule has 0 atom stereocenters. The minimum absolute atomic E-state index is 0.104. The quantitative estimate of drug-likeness (QED) is 0.598. The highest BCUT2D eigenvalue weighted by molar-refractivity contribution is 6.05. The Morgan fingerprint density at radius 3 is 2.61 bits per heavy atom. The van der Waals surface area contributed by atoms with Crippen molar-refractivity contribution in [1.29, 1.82) is 0 Å². The second-order valence-corrected chi connectivity index (χ2v) is 10.7. The van der Waals surface area contributed by atoms with Crippen LogP contribution < -0.4 is 5.32 Å². The number of carbonyl (C=O) groups excluding carboxylic acids is 1. The molecule has 33 heavy (non-hydrogen) atoms. The lowest BCUT2D eigenvalue weighted by atomic mass is 9.94. The standard InChI is InChI=1S/C26H36N6O/c1-26(2,3)17-32-10-8-21(9-11-32)28-25(33)24-22-13-19(6-7-23(22)29-30-24)20-12-18(14-27-15-20)16-31(4)5/h6-7,12-15,21H,8-11,16-17H2,1-5H3,(H,28,33)(H,29,30). The summed E-state index contributed by atoms with van der Waals surface area (Å²) in [6.07, 6.45) is 5.70. The molecule has 7 nitrogen and oxygen atoms in total. The monoisotopic (exact) mass is 448 g/mol. The fourth-order valence-corrected chi connectivity index (χ4v) is 4.62. The number of hydrogen-bond donors (Lipinski definition) is 2. The zero-order chi connectivity index (χ0) is 23.6. The molecule has 0 bridgehead atoms. The molecule has 0 spiro atoms. The van der Waals surface area contributed by atoms with Gasteiger partial charge >= 0.3 is 0 Å². The third-order valence-corrected chi connectivity index (χ3v) is 6.03. The number of benzene rings is 1. The van der Waals surface area contributed by atoms with E-state index in [2.05, 4.69) is 57.1 Å². The maximum atomic E-state index is 13.1. The normalized spacial score (nSPS) is 15.9. The average Bonchev–Trinajstić information content (AvgIpc) is 3.17. The number of likely N-dealkylation sites (tertiary alicyclic amines) is 1. The predicted molar refractivity (Wildman–Crippen MR) is 133 cm³/mol. The van der Waals surface area contributed by atoms with Gasteiger partial charge in [0.2, 0.25) is 0 Å². The number of aromatic nitrogens is 3. The van der Waals surface area contributed by atoms with Crippen molar-refractivity contribution in [2.45, 2.75) is 46.2 Å². The van der Waals surface area contributed by atoms with Crippen molar-refractivity contribution in [2.24, 2.45) is 5.41 Å². The summed E-state index contributed by atoms with van der Waals surface area (Å²) >= 11 is 0. The summed E-state index contributed by atoms with van der Waals surface area (Å²) in [5.41, 5.74) is 4.84. The van der Waals surface area contributed by atoms with E-state index in [-0.39, 0.29) is 11.9 Å². The Morgan fingerprint density at radius 2 is 1.91 bits per heavy atom. The van der Waals surface area contributed by atoms with Gasteiger partial charge in [-0.05, 0) is 61.7 Å². The number of H-pyrrole nitrogens is 1. The molecule has 2 aromatic heterocycles. The molecule has 1 saturated heterocycles. The summed E-state index contributed by atoms with van der Waals surface area (Å²) in [6.45, 7) is 10.8. The predicted octanol–water partition coefficient (Wildman–Crippen LogP) is 3.93. The Labute approximate surface area is 196 Å². The number of rotatable bonds is 6. The molecular weight excluding hydrogens is 412 g/mol. The average molecular weight is 449 g/mol. The van der Waals surface area contributed by atoms with Crippen molar-refractivity contribution in [1.82, 2.24) is 30.3 Å². The lowest BCUT2D eigenvalue weighted by Gasteiger charge is -2.36. The summed E-state index contributed by atoms with van der Waals surface area (Å²) in [5.74, 6) is -0.104. The van der Waals surface area contributed by atoms with Gasteiger partial charge in [0.1, 0.15) is 0 Å². The second kappa shape index (κ2) is 9.61. The molecule has 3 heterocycles. The molecule has 0 unspecified atom stereocenters. The molecule has 0 aliphatic carbocycles. The maximum Gasteiger partial charge on any atom is 0.272 e. The molecule has 0 saturated carbocycles. The first-order valence-electron chi connectivity index (χ1n) is 11.8. The van der Waals surface area contributed by atoms with Gasteiger partial charge in [0.15, 0.2) is 5.69 Å². The summed E-state index contributed by atoms with van der Waals surface area (Å²) < 4.78 is 0. The molecule has 1 aliphatic heterocycles. The second-order valence-electron chi connectivity index (χ2n) is 10.7. The molecule has 1 aromatic carbocycles. The minimum atomic E-state index is -0.104. The van der Waals surface area contributed by atoms with E-state index in [1.807, 2.05) is 44.7 Å². The highest BCUT2D eigenvalue weighted by Gasteiger charge is 2.25. The van der Waals surface area contributed by atoms with Gasteiger partial charge in [-0.2, -0.15) is 5.10 Å². The molecule has 0 radical (unpaired) electrons. The fraction of sp³-hybridized carbons (Fsp3) is 0.500. The summed E-state index contributed by atoms with van der Waals surface area (Å²) in [6, 6.07) is 8.41. The first-order valence-corrected chi connectivity index (χ1v) is 11.8. The van der Waals surface area contributed by atoms with E-state index in [1.54, 1.807) is 0 Å². The third-order valence-electron chi connectivity index (χ3n) is 6.03. The van der Waals surface area contributed by atoms with Crippen LogP contribution >= 0.6 is 0 Å². The van der Waals surface area contributed by atoms with Crippen LogP contribution in [0.25, 0.3) is 22.0 Å². The Hall–Kier alpha value is -2.77. The lowest BCUT2D eigenvalue weighted by molar-refractivity contribution is 0.0892. The van der Waals surface area contributed by atoms with Crippen LogP contribution in [0.1, 0.15) is 49.7 Å². The summed E-state index contributed by atoms with van der Waals surface area (Å²) in [5, 5.41) is 11.4. The zero-order valence-electron chi connectivity index (χ0n) is 20.5. The van der Waals surface area contributed by atoms with Crippen molar-refractivity contribution in [3.63, 3.8) is 0 Å². The van der Waals surface area contributed by atoms with Gasteiger partial charge in [0.25, 0.3) is 5.91 Å². The van der Waals surface area contributed by atoms with Crippen LogP contribution in [0.15, 0.2) is 36.7 Å². The van der Waals surface area contributed by atoms with Gasteiger partial charge in [-0.15, -0.1) is 0 Å². The van der Waals surface area contributed by atoms with Crippen LogP contribution in [0.2, 0.25) is 0 Å². The van der Waals surface area contributed by atoms with E-state index >= 15 is 0 Å². The van der Waals surface area contributed by atoms with Crippen molar-refractivity contribution in [3.05, 3.63) is 47.9 Å². The summed E-state index contributed by atoms with van der Waals surface area (Å²) in [7, 11) is 4.09. The molecule has 176 valence electrons. The van der Waals surface area contributed by atoms with Crippen molar-refractivity contribution < 1.29 is 4.79 Å². The van der Waals surface area contributed by atoms with E-state index in [0.29, 0.717) is 11.1 Å². The number of amides is 1. The van der Waals surface area contributed by atoms with E-state index in [9.17, 15) is 4.79 Å². The van der Waals surface area contributed by atoms with Crippen LogP contribution in [0.4, 0.5) is 0 Å². The Bertz CT molecular complexity index is 1110. The van der Waals surface area contributed by atoms with Crippen LogP contribution in [0.5, 0.6) is 0 Å². The van der Waals surface area contributed by atoms with Gasteiger partial charge in [0, 0.05) is 55.6 Å².